The third-order valence-corrected chi connectivity index (χ3v) is 10.6. The highest BCUT2D eigenvalue weighted by molar-refractivity contribution is 8.04. The Labute approximate surface area is 271 Å². The van der Waals surface area contributed by atoms with Gasteiger partial charge in [0.05, 0.1) is 29.7 Å². The molecule has 5 atom stereocenters. The minimum Gasteiger partial charge on any atom is -0.477 e. The first-order valence-electron chi connectivity index (χ1n) is 14.2. The normalized spacial score (nSPS) is 22.5. The minimum atomic E-state index is -4.63. The van der Waals surface area contributed by atoms with Crippen LogP contribution in [0.2, 0.25) is 0 Å². The van der Waals surface area contributed by atoms with E-state index in [0.29, 0.717) is 6.07 Å². The van der Waals surface area contributed by atoms with Crippen LogP contribution in [0, 0.1) is 23.4 Å². The quantitative estimate of drug-likeness (QED) is 0.150. The number of aliphatic hydroxyl groups is 1. The highest BCUT2D eigenvalue weighted by Crippen LogP contribution is 2.51. The van der Waals surface area contributed by atoms with Crippen LogP contribution in [-0.4, -0.2) is 89.7 Å². The number of halogens is 3. The highest BCUT2D eigenvalue weighted by Gasteiger charge is 2.57. The first-order valence-corrected chi connectivity index (χ1v) is 16.6. The monoisotopic (exact) mass is 711 g/mol. The second-order valence-electron chi connectivity index (χ2n) is 11.2. The molecule has 1 aromatic carbocycles. The molecule has 48 heavy (non-hydrogen) atoms. The highest BCUT2D eigenvalue weighted by atomic mass is 32.2. The number of fused-ring (bicyclic) bond motifs is 2. The number of amides is 1. The van der Waals surface area contributed by atoms with Crippen molar-refractivity contribution in [3.63, 3.8) is 0 Å². The predicted octanol–water partition coefficient (Wildman–Crippen LogP) is 1.99. The molecular weight excluding hydrogens is 686 g/mol. The number of aromatic carboxylic acids is 1. The van der Waals surface area contributed by atoms with Crippen molar-refractivity contribution in [2.24, 2.45) is 5.92 Å². The van der Waals surface area contributed by atoms with E-state index < -0.39 is 95.2 Å². The Morgan fingerprint density at radius 2 is 1.90 bits per heavy atom. The molecule has 0 bridgehead atoms. The van der Waals surface area contributed by atoms with Crippen molar-refractivity contribution in [2.45, 2.75) is 30.9 Å². The van der Waals surface area contributed by atoms with E-state index in [4.69, 9.17) is 4.52 Å². The molecule has 2 unspecified atom stereocenters. The topological polar surface area (TPSA) is 212 Å². The number of aliphatic hydroxyl groups excluding tert-OH is 1. The van der Waals surface area contributed by atoms with Gasteiger partial charge < -0.3 is 25.1 Å². The van der Waals surface area contributed by atoms with E-state index >= 15 is 4.39 Å². The van der Waals surface area contributed by atoms with Gasteiger partial charge in [-0.25, -0.2) is 37.4 Å². The zero-order chi connectivity index (χ0) is 34.8. The molecule has 0 spiro atoms. The molecule has 3 aromatic rings. The van der Waals surface area contributed by atoms with E-state index in [2.05, 4.69) is 10.1 Å². The number of benzene rings is 1. The summed E-state index contributed by atoms with van der Waals surface area (Å²) < 4.78 is 62.8. The van der Waals surface area contributed by atoms with Gasteiger partial charge >= 0.3 is 19.7 Å². The molecule has 5 N–H and O–H groups in total. The van der Waals surface area contributed by atoms with Gasteiger partial charge in [-0.2, -0.15) is 0 Å². The fourth-order valence-electron chi connectivity index (χ4n) is 5.88. The van der Waals surface area contributed by atoms with E-state index in [1.807, 2.05) is 0 Å². The van der Waals surface area contributed by atoms with Crippen LogP contribution in [0.1, 0.15) is 23.7 Å². The van der Waals surface area contributed by atoms with Crippen LogP contribution in [0.4, 0.5) is 19.0 Å². The van der Waals surface area contributed by atoms with Gasteiger partial charge in [0.2, 0.25) is 11.3 Å². The molecular formula is C28H25F3N5O10PS. The number of aliphatic carboxylic acids is 1. The Bertz CT molecular complexity index is 2040. The molecule has 3 aliphatic heterocycles. The fraction of sp³-hybridized carbons (Fsp3) is 0.321. The molecule has 0 radical (unpaired) electrons. The number of nitrogens with one attached hydrogen (secondary N) is 1. The lowest BCUT2D eigenvalue weighted by atomic mass is 9.92. The minimum absolute atomic E-state index is 0.00486. The third-order valence-electron chi connectivity index (χ3n) is 8.09. The molecule has 20 heteroatoms. The smallest absolute Gasteiger partial charge is 0.403 e. The first-order chi connectivity index (χ1) is 22.6. The first kappa shape index (κ1) is 33.6. The van der Waals surface area contributed by atoms with Gasteiger partial charge in [-0.05, 0) is 31.5 Å². The van der Waals surface area contributed by atoms with E-state index in [1.54, 1.807) is 0 Å². The van der Waals surface area contributed by atoms with Crippen LogP contribution in [0.5, 0.6) is 0 Å². The SMILES string of the molecule is C[C@H](O)[C@H]1C(=O)N2C(C(=O)O)=C(COP(=O)(O)NC3CCN(c4nc5c(cc4F)c(=O)c(C(=O)O)cn5-c4ccc(F)cc4F)C3)S[C@@H]12. The Hall–Kier alpha value is -4.26. The molecule has 6 rings (SSSR count). The molecule has 2 aromatic heterocycles. The van der Waals surface area contributed by atoms with Crippen LogP contribution in [0.3, 0.4) is 0 Å². The molecule has 15 nitrogen and oxygen atoms in total. The van der Waals surface area contributed by atoms with Crippen LogP contribution < -0.4 is 15.4 Å². The molecule has 3 aliphatic rings. The average molecular weight is 712 g/mol. The zero-order valence-corrected chi connectivity index (χ0v) is 26.3. The standard InChI is InChI=1S/C28H25F3N5O10PS/c1-11(37)20-25(39)36-21(28(42)43)19(48-26(20)36)10-46-47(44,45)33-13-4-5-34(8-13)24-17(31)7-14-22(38)15(27(40)41)9-35(23(14)32-24)18-3-2-12(29)6-16(18)30/h2-3,6-7,9,11,13,20,26,37H,4-5,8,10H2,1H3,(H,40,41)(H,42,43)(H2,33,44,45)/t11-,13?,20-,26-/m0/s1. The number of carbonyl (C=O) groups is 3. The van der Waals surface area contributed by atoms with Crippen molar-refractivity contribution in [1.82, 2.24) is 19.5 Å². The number of carboxylic acid groups (broad SMARTS) is 2. The Morgan fingerprint density at radius 3 is 2.54 bits per heavy atom. The van der Waals surface area contributed by atoms with E-state index in [9.17, 15) is 52.7 Å². The summed E-state index contributed by atoms with van der Waals surface area (Å²) in [4.78, 5) is 66.0. The second kappa shape index (κ2) is 12.3. The number of hydrogen-bond donors (Lipinski definition) is 5. The van der Waals surface area contributed by atoms with Crippen molar-refractivity contribution in [3.8, 4) is 5.69 Å². The number of thioether (sulfide) groups is 1. The maximum Gasteiger partial charge on any atom is 0.403 e. The summed E-state index contributed by atoms with van der Waals surface area (Å²) in [5.41, 5.74) is -3.02. The van der Waals surface area contributed by atoms with Gasteiger partial charge in [0.25, 0.3) is 0 Å². The summed E-state index contributed by atoms with van der Waals surface area (Å²) in [6.07, 6.45) is -0.0938. The molecule has 5 heterocycles. The number of carbonyl (C=O) groups excluding carboxylic acids is 1. The molecule has 0 saturated carbocycles. The molecule has 2 saturated heterocycles. The number of aromatic nitrogens is 2. The van der Waals surface area contributed by atoms with Crippen LogP contribution in [-0.2, 0) is 18.7 Å². The zero-order valence-electron chi connectivity index (χ0n) is 24.5. The van der Waals surface area contributed by atoms with Crippen molar-refractivity contribution in [1.29, 1.82) is 0 Å². The van der Waals surface area contributed by atoms with Crippen molar-refractivity contribution in [3.05, 3.63) is 74.3 Å². The van der Waals surface area contributed by atoms with E-state index in [-0.39, 0.29) is 41.6 Å². The lowest BCUT2D eigenvalue weighted by molar-refractivity contribution is -0.156. The van der Waals surface area contributed by atoms with E-state index in [1.165, 1.54) is 11.8 Å². The number of anilines is 1. The van der Waals surface area contributed by atoms with Crippen molar-refractivity contribution >= 4 is 54.2 Å². The maximum atomic E-state index is 15.4. The number of β-lactam (4-membered cyclic amide) rings is 1. The third kappa shape index (κ3) is 5.86. The fourth-order valence-corrected chi connectivity index (χ4v) is 8.54. The average Bonchev–Trinajstić information content (AvgIpc) is 3.58. The summed E-state index contributed by atoms with van der Waals surface area (Å²) >= 11 is 0.927. The van der Waals surface area contributed by atoms with Gasteiger partial charge in [0.15, 0.2) is 17.3 Å². The summed E-state index contributed by atoms with van der Waals surface area (Å²) in [6, 6.07) is 2.37. The predicted molar refractivity (Wildman–Crippen MR) is 162 cm³/mol. The van der Waals surface area contributed by atoms with Gasteiger partial charge in [0.1, 0.15) is 28.3 Å². The number of hydrogen-bond acceptors (Lipinski definition) is 10. The van der Waals surface area contributed by atoms with Gasteiger partial charge in [0, 0.05) is 36.3 Å². The summed E-state index contributed by atoms with van der Waals surface area (Å²) in [5.74, 6) is -8.00. The van der Waals surface area contributed by atoms with Crippen molar-refractivity contribution < 1.29 is 56.9 Å². The largest absolute Gasteiger partial charge is 0.477 e. The van der Waals surface area contributed by atoms with Crippen LogP contribution in [0.25, 0.3) is 16.7 Å². The summed E-state index contributed by atoms with van der Waals surface area (Å²) in [6.45, 7) is 0.695. The number of carboxylic acids is 2. The molecule has 1 amide bonds. The van der Waals surface area contributed by atoms with Gasteiger partial charge in [-0.3, -0.25) is 23.6 Å². The summed E-state index contributed by atoms with van der Waals surface area (Å²) in [5, 5.41) is 30.3. The van der Waals surface area contributed by atoms with Crippen LogP contribution in [0.15, 0.2) is 45.9 Å². The van der Waals surface area contributed by atoms with Gasteiger partial charge in [-0.1, -0.05) is 11.8 Å². The lowest BCUT2D eigenvalue weighted by Crippen LogP contribution is -2.60. The summed E-state index contributed by atoms with van der Waals surface area (Å²) in [7, 11) is -4.63. The Kier molecular flexibility index (Phi) is 8.63. The van der Waals surface area contributed by atoms with Gasteiger partial charge in [-0.15, -0.1) is 0 Å². The maximum absolute atomic E-state index is 15.4. The van der Waals surface area contributed by atoms with E-state index in [0.717, 1.165) is 45.6 Å². The molecule has 254 valence electrons. The molecule has 0 aliphatic carbocycles. The second-order valence-corrected chi connectivity index (χ2v) is 14.0. The Morgan fingerprint density at radius 1 is 1.17 bits per heavy atom. The van der Waals surface area contributed by atoms with Crippen molar-refractivity contribution in [2.75, 3.05) is 24.6 Å². The number of pyridine rings is 2. The molecule has 2 fully saturated rings. The Balaban J connectivity index is 1.22. The van der Waals surface area contributed by atoms with Crippen LogP contribution >= 0.6 is 19.5 Å². The number of nitrogens with zero attached hydrogens (tertiary/aromatic N) is 4. The number of rotatable bonds is 10. The lowest BCUT2D eigenvalue weighted by Gasteiger charge is -2.43.